The minimum Gasteiger partial charge on any atom is -0.484 e. The molecule has 0 heterocycles. The van der Waals surface area contributed by atoms with Crippen LogP contribution in [0, 0.1) is 19.8 Å². The van der Waals surface area contributed by atoms with Crippen LogP contribution in [0.4, 0.5) is 0 Å². The third-order valence-corrected chi connectivity index (χ3v) is 3.98. The molecule has 1 amide bonds. The van der Waals surface area contributed by atoms with Crippen LogP contribution < -0.4 is 10.1 Å². The minimum atomic E-state index is -0.0387. The van der Waals surface area contributed by atoms with Gasteiger partial charge in [-0.1, -0.05) is 39.2 Å². The van der Waals surface area contributed by atoms with Gasteiger partial charge in [0, 0.05) is 6.54 Å². The zero-order chi connectivity index (χ0) is 15.7. The van der Waals surface area contributed by atoms with E-state index < -0.39 is 0 Å². The molecule has 0 aromatic heterocycles. The van der Waals surface area contributed by atoms with Crippen molar-refractivity contribution in [1.82, 2.24) is 5.32 Å². The maximum absolute atomic E-state index is 11.8. The van der Waals surface area contributed by atoms with Crippen LogP contribution in [0.2, 0.25) is 0 Å². The van der Waals surface area contributed by atoms with E-state index >= 15 is 0 Å². The first kappa shape index (κ1) is 17.5. The van der Waals surface area contributed by atoms with Gasteiger partial charge in [-0.15, -0.1) is 0 Å². The number of carbonyl (C=O) groups is 1. The number of hydrogen-bond acceptors (Lipinski definition) is 2. The van der Waals surface area contributed by atoms with Gasteiger partial charge in [0.2, 0.25) is 0 Å². The summed E-state index contributed by atoms with van der Waals surface area (Å²) in [7, 11) is 0. The molecule has 0 aliphatic rings. The van der Waals surface area contributed by atoms with E-state index in [4.69, 9.17) is 4.74 Å². The smallest absolute Gasteiger partial charge is 0.257 e. The molecular weight excluding hydrogens is 262 g/mol. The molecule has 0 bridgehead atoms. The van der Waals surface area contributed by atoms with E-state index in [9.17, 15) is 4.79 Å². The normalized spacial score (nSPS) is 12.0. The first-order chi connectivity index (χ1) is 10.1. The van der Waals surface area contributed by atoms with Crippen LogP contribution in [-0.2, 0) is 4.79 Å². The SMILES string of the molecule is CCCC[C@H](CC)CNC(=O)COc1ccc(C)c(C)c1. The van der Waals surface area contributed by atoms with Gasteiger partial charge in [0.1, 0.15) is 5.75 Å². The van der Waals surface area contributed by atoms with Gasteiger partial charge in [-0.3, -0.25) is 4.79 Å². The summed E-state index contributed by atoms with van der Waals surface area (Å²) in [6, 6.07) is 5.89. The van der Waals surface area contributed by atoms with Crippen molar-refractivity contribution in [3.63, 3.8) is 0 Å². The van der Waals surface area contributed by atoms with Gasteiger partial charge in [-0.2, -0.15) is 0 Å². The van der Waals surface area contributed by atoms with E-state index in [-0.39, 0.29) is 12.5 Å². The average molecular weight is 291 g/mol. The van der Waals surface area contributed by atoms with Gasteiger partial charge in [0.15, 0.2) is 6.61 Å². The molecule has 0 saturated carbocycles. The van der Waals surface area contributed by atoms with Crippen LogP contribution in [0.1, 0.15) is 50.7 Å². The third kappa shape index (κ3) is 6.65. The largest absolute Gasteiger partial charge is 0.484 e. The van der Waals surface area contributed by atoms with Gasteiger partial charge < -0.3 is 10.1 Å². The lowest BCUT2D eigenvalue weighted by atomic mass is 9.99. The molecule has 118 valence electrons. The zero-order valence-electron chi connectivity index (χ0n) is 13.9. The second kappa shape index (κ2) is 9.43. The molecule has 0 aliphatic heterocycles. The molecule has 0 radical (unpaired) electrons. The molecular formula is C18H29NO2. The summed E-state index contributed by atoms with van der Waals surface area (Å²) >= 11 is 0. The predicted molar refractivity (Wildman–Crippen MR) is 87.7 cm³/mol. The van der Waals surface area contributed by atoms with Crippen molar-refractivity contribution < 1.29 is 9.53 Å². The first-order valence-corrected chi connectivity index (χ1v) is 8.03. The Labute approximate surface area is 129 Å². The van der Waals surface area contributed by atoms with E-state index in [1.54, 1.807) is 0 Å². The number of unbranched alkanes of at least 4 members (excludes halogenated alkanes) is 1. The highest BCUT2D eigenvalue weighted by molar-refractivity contribution is 5.77. The highest BCUT2D eigenvalue weighted by Crippen LogP contribution is 2.16. The van der Waals surface area contributed by atoms with Crippen LogP contribution in [-0.4, -0.2) is 19.1 Å². The lowest BCUT2D eigenvalue weighted by Gasteiger charge is -2.15. The minimum absolute atomic E-state index is 0.0387. The summed E-state index contributed by atoms with van der Waals surface area (Å²) in [5.74, 6) is 1.30. The van der Waals surface area contributed by atoms with Gasteiger partial charge in [0.25, 0.3) is 5.91 Å². The van der Waals surface area contributed by atoms with Crippen molar-refractivity contribution >= 4 is 5.91 Å². The van der Waals surface area contributed by atoms with Crippen molar-refractivity contribution in [3.8, 4) is 5.75 Å². The van der Waals surface area contributed by atoms with E-state index in [1.807, 2.05) is 25.1 Å². The second-order valence-corrected chi connectivity index (χ2v) is 5.76. The van der Waals surface area contributed by atoms with Crippen molar-refractivity contribution in [2.45, 2.75) is 53.4 Å². The molecule has 0 unspecified atom stereocenters. The van der Waals surface area contributed by atoms with Gasteiger partial charge in [-0.05, 0) is 49.4 Å². The standard InChI is InChI=1S/C18H29NO2/c1-5-7-8-16(6-2)12-19-18(20)13-21-17-10-9-14(3)15(4)11-17/h9-11,16H,5-8,12-13H2,1-4H3,(H,19,20)/t16-/m0/s1. The Morgan fingerprint density at radius 3 is 2.62 bits per heavy atom. The van der Waals surface area contributed by atoms with E-state index in [2.05, 4.69) is 26.1 Å². The number of rotatable bonds is 9. The van der Waals surface area contributed by atoms with Gasteiger partial charge in [-0.25, -0.2) is 0 Å². The topological polar surface area (TPSA) is 38.3 Å². The van der Waals surface area contributed by atoms with Crippen molar-refractivity contribution in [3.05, 3.63) is 29.3 Å². The van der Waals surface area contributed by atoms with E-state index in [0.717, 1.165) is 18.7 Å². The van der Waals surface area contributed by atoms with Crippen LogP contribution in [0.5, 0.6) is 5.75 Å². The molecule has 1 aromatic carbocycles. The van der Waals surface area contributed by atoms with Crippen LogP contribution in [0.25, 0.3) is 0 Å². The summed E-state index contributed by atoms with van der Waals surface area (Å²) in [6.45, 7) is 9.33. The maximum Gasteiger partial charge on any atom is 0.257 e. The summed E-state index contributed by atoms with van der Waals surface area (Å²) < 4.78 is 5.54. The predicted octanol–water partition coefficient (Wildman–Crippen LogP) is 4.01. The Hall–Kier alpha value is -1.51. The summed E-state index contributed by atoms with van der Waals surface area (Å²) in [5.41, 5.74) is 2.41. The number of ether oxygens (including phenoxy) is 1. The number of carbonyl (C=O) groups excluding carboxylic acids is 1. The Morgan fingerprint density at radius 2 is 2.00 bits per heavy atom. The maximum atomic E-state index is 11.8. The fourth-order valence-corrected chi connectivity index (χ4v) is 2.21. The van der Waals surface area contributed by atoms with Crippen LogP contribution in [0.3, 0.4) is 0 Å². The molecule has 1 N–H and O–H groups in total. The van der Waals surface area contributed by atoms with Gasteiger partial charge >= 0.3 is 0 Å². The Kier molecular flexibility index (Phi) is 7.88. The van der Waals surface area contributed by atoms with Crippen molar-refractivity contribution in [1.29, 1.82) is 0 Å². The highest BCUT2D eigenvalue weighted by Gasteiger charge is 2.09. The number of aryl methyl sites for hydroxylation is 2. The zero-order valence-corrected chi connectivity index (χ0v) is 13.9. The molecule has 3 heteroatoms. The Morgan fingerprint density at radius 1 is 1.24 bits per heavy atom. The van der Waals surface area contributed by atoms with Crippen LogP contribution >= 0.6 is 0 Å². The monoisotopic (exact) mass is 291 g/mol. The number of benzene rings is 1. The third-order valence-electron chi connectivity index (χ3n) is 3.98. The second-order valence-electron chi connectivity index (χ2n) is 5.76. The van der Waals surface area contributed by atoms with Gasteiger partial charge in [0.05, 0.1) is 0 Å². The molecule has 1 rings (SSSR count). The average Bonchev–Trinajstić information content (AvgIpc) is 2.48. The van der Waals surface area contributed by atoms with E-state index in [0.29, 0.717) is 5.92 Å². The highest BCUT2D eigenvalue weighted by atomic mass is 16.5. The van der Waals surface area contributed by atoms with Crippen LogP contribution in [0.15, 0.2) is 18.2 Å². The Balaban J connectivity index is 2.31. The first-order valence-electron chi connectivity index (χ1n) is 8.03. The molecule has 1 atom stereocenters. The molecule has 0 aliphatic carbocycles. The molecule has 3 nitrogen and oxygen atoms in total. The lowest BCUT2D eigenvalue weighted by molar-refractivity contribution is -0.123. The number of nitrogens with one attached hydrogen (secondary N) is 1. The van der Waals surface area contributed by atoms with E-state index in [1.165, 1.54) is 30.4 Å². The quantitative estimate of drug-likeness (QED) is 0.746. The molecule has 0 saturated heterocycles. The fourth-order valence-electron chi connectivity index (χ4n) is 2.21. The fraction of sp³-hybridized carbons (Fsp3) is 0.611. The lowest BCUT2D eigenvalue weighted by Crippen LogP contribution is -2.33. The summed E-state index contributed by atoms with van der Waals surface area (Å²) in [4.78, 5) is 11.8. The summed E-state index contributed by atoms with van der Waals surface area (Å²) in [6.07, 6.45) is 4.73. The summed E-state index contributed by atoms with van der Waals surface area (Å²) in [5, 5.41) is 2.97. The van der Waals surface area contributed by atoms with Crippen molar-refractivity contribution in [2.24, 2.45) is 5.92 Å². The number of hydrogen-bond donors (Lipinski definition) is 1. The number of amides is 1. The molecule has 0 spiro atoms. The molecule has 21 heavy (non-hydrogen) atoms. The molecule has 1 aromatic rings. The van der Waals surface area contributed by atoms with Crippen molar-refractivity contribution in [2.75, 3.05) is 13.2 Å². The molecule has 0 fully saturated rings. The Bertz CT molecular complexity index is 443.